The number of nitrogens with zero attached hydrogens (tertiary/aromatic N) is 2. The number of pyridine rings is 1. The van der Waals surface area contributed by atoms with E-state index >= 15 is 0 Å². The molecule has 1 aliphatic rings. The number of hydrogen-bond donors (Lipinski definition) is 1. The monoisotopic (exact) mass is 261 g/mol. The Hall–Kier alpha value is -1.09. The predicted octanol–water partition coefficient (Wildman–Crippen LogP) is 3.25. The Morgan fingerprint density at radius 3 is 2.58 bits per heavy atom. The van der Waals surface area contributed by atoms with Gasteiger partial charge in [0.15, 0.2) is 0 Å². The molecule has 1 saturated carbocycles. The minimum absolute atomic E-state index is 0.567. The molecule has 0 spiro atoms. The van der Waals surface area contributed by atoms with Gasteiger partial charge in [-0.25, -0.2) is 0 Å². The molecule has 19 heavy (non-hydrogen) atoms. The molecule has 0 amide bonds. The highest BCUT2D eigenvalue weighted by atomic mass is 15.1. The number of rotatable bonds is 4. The van der Waals surface area contributed by atoms with Crippen LogP contribution in [0.5, 0.6) is 0 Å². The summed E-state index contributed by atoms with van der Waals surface area (Å²) in [5, 5.41) is 0. The van der Waals surface area contributed by atoms with Crippen LogP contribution in [0.2, 0.25) is 0 Å². The molecule has 0 bridgehead atoms. The highest BCUT2D eigenvalue weighted by Crippen LogP contribution is 2.32. The van der Waals surface area contributed by atoms with Crippen molar-refractivity contribution in [2.24, 2.45) is 11.7 Å². The van der Waals surface area contributed by atoms with Crippen LogP contribution >= 0.6 is 0 Å². The molecule has 1 aliphatic carbocycles. The summed E-state index contributed by atoms with van der Waals surface area (Å²) >= 11 is 0. The average molecular weight is 261 g/mol. The molecule has 0 aliphatic heterocycles. The molecule has 0 unspecified atom stereocenters. The van der Waals surface area contributed by atoms with Crippen molar-refractivity contribution in [3.05, 3.63) is 23.5 Å². The molecule has 0 radical (unpaired) electrons. The fourth-order valence-electron chi connectivity index (χ4n) is 3.20. The maximum absolute atomic E-state index is 5.84. The van der Waals surface area contributed by atoms with Crippen molar-refractivity contribution < 1.29 is 0 Å². The topological polar surface area (TPSA) is 42.2 Å². The minimum atomic E-state index is 0.567. The lowest BCUT2D eigenvalue weighted by Crippen LogP contribution is -2.36. The number of anilines is 1. The second-order valence-corrected chi connectivity index (χ2v) is 5.85. The molecule has 1 fully saturated rings. The second kappa shape index (κ2) is 6.38. The normalized spacial score (nSPS) is 23.4. The Kier molecular flexibility index (Phi) is 4.81. The van der Waals surface area contributed by atoms with Gasteiger partial charge < -0.3 is 10.6 Å². The zero-order valence-electron chi connectivity index (χ0n) is 12.5. The predicted molar refractivity (Wildman–Crippen MR) is 81.3 cm³/mol. The van der Waals surface area contributed by atoms with Gasteiger partial charge in [-0.3, -0.25) is 4.98 Å². The number of nitrogens with two attached hydrogens (primary N) is 1. The van der Waals surface area contributed by atoms with Crippen LogP contribution in [0.15, 0.2) is 12.3 Å². The largest absolute Gasteiger partial charge is 0.371 e. The van der Waals surface area contributed by atoms with E-state index in [1.54, 1.807) is 0 Å². The van der Waals surface area contributed by atoms with E-state index in [0.29, 0.717) is 12.6 Å². The van der Waals surface area contributed by atoms with Gasteiger partial charge in [0.1, 0.15) is 0 Å². The van der Waals surface area contributed by atoms with E-state index in [9.17, 15) is 0 Å². The summed E-state index contributed by atoms with van der Waals surface area (Å²) in [6.07, 6.45) is 8.61. The van der Waals surface area contributed by atoms with E-state index in [-0.39, 0.29) is 0 Å². The van der Waals surface area contributed by atoms with Crippen LogP contribution in [-0.4, -0.2) is 18.1 Å². The summed E-state index contributed by atoms with van der Waals surface area (Å²) in [5.74, 6) is 0.942. The van der Waals surface area contributed by atoms with Crippen molar-refractivity contribution in [3.8, 4) is 0 Å². The maximum atomic E-state index is 5.84. The molecular formula is C16H27N3. The van der Waals surface area contributed by atoms with Crippen molar-refractivity contribution in [2.75, 3.05) is 11.9 Å². The number of aryl methyl sites for hydroxylation is 1. The fraction of sp³-hybridized carbons (Fsp3) is 0.688. The van der Waals surface area contributed by atoms with E-state index in [1.807, 2.05) is 13.1 Å². The van der Waals surface area contributed by atoms with Crippen LogP contribution in [0.3, 0.4) is 0 Å². The van der Waals surface area contributed by atoms with Crippen molar-refractivity contribution >= 4 is 5.69 Å². The molecular weight excluding hydrogens is 234 g/mol. The third-order valence-corrected chi connectivity index (χ3v) is 4.64. The van der Waals surface area contributed by atoms with E-state index in [2.05, 4.69) is 29.9 Å². The van der Waals surface area contributed by atoms with Crippen molar-refractivity contribution in [1.29, 1.82) is 0 Å². The van der Waals surface area contributed by atoms with Crippen LogP contribution in [0.25, 0.3) is 0 Å². The molecule has 1 heterocycles. The third-order valence-electron chi connectivity index (χ3n) is 4.64. The quantitative estimate of drug-likeness (QED) is 0.904. The second-order valence-electron chi connectivity index (χ2n) is 5.85. The first-order chi connectivity index (χ1) is 9.15. The van der Waals surface area contributed by atoms with Crippen LogP contribution in [0, 0.1) is 12.8 Å². The summed E-state index contributed by atoms with van der Waals surface area (Å²) in [4.78, 5) is 6.79. The van der Waals surface area contributed by atoms with Gasteiger partial charge in [0, 0.05) is 42.8 Å². The highest BCUT2D eigenvalue weighted by molar-refractivity contribution is 5.53. The average Bonchev–Trinajstić information content (AvgIpc) is 2.46. The molecule has 0 saturated heterocycles. The first-order valence-corrected chi connectivity index (χ1v) is 7.54. The Morgan fingerprint density at radius 2 is 2.00 bits per heavy atom. The summed E-state index contributed by atoms with van der Waals surface area (Å²) in [6, 6.07) is 2.84. The Morgan fingerprint density at radius 1 is 1.32 bits per heavy atom. The number of hydrogen-bond acceptors (Lipinski definition) is 3. The summed E-state index contributed by atoms with van der Waals surface area (Å²) in [5.41, 5.74) is 9.35. The molecule has 106 valence electrons. The molecule has 2 N–H and O–H groups in total. The first-order valence-electron chi connectivity index (χ1n) is 7.54. The summed E-state index contributed by atoms with van der Waals surface area (Å²) in [7, 11) is 2.21. The smallest absolute Gasteiger partial charge is 0.0445 e. The molecule has 0 aromatic carbocycles. The molecule has 3 heteroatoms. The number of aromatic nitrogens is 1. The van der Waals surface area contributed by atoms with Gasteiger partial charge in [-0.05, 0) is 44.6 Å². The summed E-state index contributed by atoms with van der Waals surface area (Å²) < 4.78 is 0. The molecule has 0 atom stereocenters. The van der Waals surface area contributed by atoms with Crippen molar-refractivity contribution in [3.63, 3.8) is 0 Å². The van der Waals surface area contributed by atoms with Crippen LogP contribution in [0.1, 0.15) is 50.3 Å². The van der Waals surface area contributed by atoms with Gasteiger partial charge in [0.25, 0.3) is 0 Å². The highest BCUT2D eigenvalue weighted by Gasteiger charge is 2.24. The Bertz CT molecular complexity index is 408. The van der Waals surface area contributed by atoms with E-state index in [0.717, 1.165) is 17.2 Å². The molecule has 1 aromatic heterocycles. The molecule has 3 nitrogen and oxygen atoms in total. The van der Waals surface area contributed by atoms with Gasteiger partial charge in [0.2, 0.25) is 0 Å². The van der Waals surface area contributed by atoms with Crippen LogP contribution in [-0.2, 0) is 6.54 Å². The van der Waals surface area contributed by atoms with Crippen molar-refractivity contribution in [2.45, 2.75) is 58.5 Å². The minimum Gasteiger partial charge on any atom is -0.371 e. The standard InChI is InChI=1S/C16H27N3/c1-4-13-5-7-15(8-6-13)19(3)16-9-12(2)18-11-14(16)10-17/h9,11,13,15H,4-8,10,17H2,1-3H3. The first kappa shape index (κ1) is 14.3. The summed E-state index contributed by atoms with van der Waals surface area (Å²) in [6.45, 7) is 4.93. The lowest BCUT2D eigenvalue weighted by molar-refractivity contribution is 0.313. The Labute approximate surface area is 117 Å². The van der Waals surface area contributed by atoms with Crippen LogP contribution < -0.4 is 10.6 Å². The van der Waals surface area contributed by atoms with Gasteiger partial charge in [-0.2, -0.15) is 0 Å². The van der Waals surface area contributed by atoms with Gasteiger partial charge in [-0.1, -0.05) is 13.3 Å². The van der Waals surface area contributed by atoms with Gasteiger partial charge in [-0.15, -0.1) is 0 Å². The zero-order valence-corrected chi connectivity index (χ0v) is 12.5. The lowest BCUT2D eigenvalue weighted by Gasteiger charge is -2.36. The lowest BCUT2D eigenvalue weighted by atomic mass is 9.84. The van der Waals surface area contributed by atoms with Crippen LogP contribution in [0.4, 0.5) is 5.69 Å². The van der Waals surface area contributed by atoms with E-state index in [4.69, 9.17) is 5.73 Å². The van der Waals surface area contributed by atoms with E-state index in [1.165, 1.54) is 37.8 Å². The molecule has 1 aromatic rings. The maximum Gasteiger partial charge on any atom is 0.0445 e. The SMILES string of the molecule is CCC1CCC(N(C)c2cc(C)ncc2CN)CC1. The van der Waals surface area contributed by atoms with Gasteiger partial charge in [0.05, 0.1) is 0 Å². The third kappa shape index (κ3) is 3.27. The zero-order chi connectivity index (χ0) is 13.8. The van der Waals surface area contributed by atoms with E-state index < -0.39 is 0 Å². The fourth-order valence-corrected chi connectivity index (χ4v) is 3.20. The van der Waals surface area contributed by atoms with Gasteiger partial charge >= 0.3 is 0 Å². The Balaban J connectivity index is 2.11. The van der Waals surface area contributed by atoms with Crippen molar-refractivity contribution in [1.82, 2.24) is 4.98 Å². The molecule has 2 rings (SSSR count).